The smallest absolute Gasteiger partial charge is 0.327 e. The van der Waals surface area contributed by atoms with Crippen molar-refractivity contribution in [3.05, 3.63) is 12.7 Å². The Hall–Kier alpha value is -1.94. The Morgan fingerprint density at radius 2 is 1.63 bits per heavy atom. The van der Waals surface area contributed by atoms with Gasteiger partial charge in [0.2, 0.25) is 5.91 Å². The highest BCUT2D eigenvalue weighted by Crippen LogP contribution is 2.08. The highest BCUT2D eigenvalue weighted by atomic mass is 32.2. The van der Waals surface area contributed by atoms with E-state index in [1.54, 1.807) is 0 Å². The van der Waals surface area contributed by atoms with E-state index in [4.69, 9.17) is 15.4 Å². The van der Waals surface area contributed by atoms with E-state index in [0.717, 1.165) is 19.3 Å². The predicted octanol–water partition coefficient (Wildman–Crippen LogP) is 2.06. The summed E-state index contributed by atoms with van der Waals surface area (Å²) in [6.45, 7) is 5.01. The SMILES string of the molecule is C=CCCCCCCCCC(N)=O.CCOC(=O)C(CC(=O)O)S(=O)(=O)O. The molecule has 0 aromatic heterocycles. The van der Waals surface area contributed by atoms with Gasteiger partial charge in [-0.15, -0.1) is 6.58 Å². The Labute approximate surface area is 160 Å². The van der Waals surface area contributed by atoms with Crippen molar-refractivity contribution in [3.8, 4) is 0 Å². The number of hydrogen-bond donors (Lipinski definition) is 3. The van der Waals surface area contributed by atoms with Crippen LogP contribution < -0.4 is 5.73 Å². The van der Waals surface area contributed by atoms with Crippen LogP contribution in [0.3, 0.4) is 0 Å². The number of ether oxygens (including phenoxy) is 1. The second-order valence-corrected chi connectivity index (χ2v) is 7.37. The third-order valence-corrected chi connectivity index (χ3v) is 4.43. The normalized spacial score (nSPS) is 11.6. The zero-order valence-corrected chi connectivity index (χ0v) is 16.6. The number of carbonyl (C=O) groups is 3. The molecule has 1 atom stereocenters. The number of esters is 1. The molecule has 27 heavy (non-hydrogen) atoms. The van der Waals surface area contributed by atoms with Crippen LogP contribution in [0.15, 0.2) is 12.7 Å². The maximum Gasteiger partial charge on any atom is 0.327 e. The Morgan fingerprint density at radius 3 is 2.04 bits per heavy atom. The maximum atomic E-state index is 10.9. The number of rotatable bonds is 14. The molecule has 4 N–H and O–H groups in total. The van der Waals surface area contributed by atoms with Crippen LogP contribution in [0.1, 0.15) is 64.7 Å². The molecule has 0 rings (SSSR count). The summed E-state index contributed by atoms with van der Waals surface area (Å²) in [6, 6.07) is 0. The quantitative estimate of drug-likeness (QED) is 0.170. The first-order chi connectivity index (χ1) is 12.6. The lowest BCUT2D eigenvalue weighted by Crippen LogP contribution is -2.33. The average molecular weight is 410 g/mol. The van der Waals surface area contributed by atoms with Gasteiger partial charge >= 0.3 is 11.9 Å². The molecular weight excluding hydrogens is 378 g/mol. The molecule has 0 aromatic carbocycles. The minimum absolute atomic E-state index is 0.0928. The molecule has 0 saturated heterocycles. The van der Waals surface area contributed by atoms with Crippen molar-refractivity contribution in [2.75, 3.05) is 6.61 Å². The molecule has 0 aliphatic heterocycles. The second-order valence-electron chi connectivity index (χ2n) is 5.77. The first kappa shape index (κ1) is 27.3. The zero-order chi connectivity index (χ0) is 21.3. The highest BCUT2D eigenvalue weighted by molar-refractivity contribution is 7.87. The average Bonchev–Trinajstić information content (AvgIpc) is 2.54. The van der Waals surface area contributed by atoms with Crippen LogP contribution in [0.2, 0.25) is 0 Å². The molecule has 1 unspecified atom stereocenters. The molecule has 9 nitrogen and oxygen atoms in total. The Morgan fingerprint density at radius 1 is 1.11 bits per heavy atom. The number of carboxylic acids is 1. The fraction of sp³-hybridized carbons (Fsp3) is 0.706. The van der Waals surface area contributed by atoms with Gasteiger partial charge in [-0.1, -0.05) is 31.8 Å². The van der Waals surface area contributed by atoms with Crippen molar-refractivity contribution in [2.24, 2.45) is 5.73 Å². The van der Waals surface area contributed by atoms with Crippen molar-refractivity contribution in [1.29, 1.82) is 0 Å². The standard InChI is InChI=1S/C11H21NO.C6H10O7S/c1-2-3-4-5-6-7-8-9-10-11(12)13;1-2-13-6(9)4(3-5(7)8)14(10,11)12/h2H,1,3-10H2,(H2,12,13);4H,2-3H2,1H3,(H,7,8)(H,10,11,12). The number of primary amides is 1. The van der Waals surface area contributed by atoms with Gasteiger partial charge in [-0.2, -0.15) is 8.42 Å². The molecule has 0 fully saturated rings. The van der Waals surface area contributed by atoms with Crippen molar-refractivity contribution < 1.29 is 37.2 Å². The number of aliphatic carboxylic acids is 1. The highest BCUT2D eigenvalue weighted by Gasteiger charge is 2.34. The molecule has 0 heterocycles. The van der Waals surface area contributed by atoms with Crippen LogP contribution in [0.5, 0.6) is 0 Å². The molecule has 0 aliphatic rings. The van der Waals surface area contributed by atoms with Crippen molar-refractivity contribution in [1.82, 2.24) is 0 Å². The van der Waals surface area contributed by atoms with Gasteiger partial charge in [0.1, 0.15) is 0 Å². The molecule has 158 valence electrons. The fourth-order valence-corrected chi connectivity index (χ4v) is 2.66. The van der Waals surface area contributed by atoms with Crippen LogP contribution in [0.4, 0.5) is 0 Å². The van der Waals surface area contributed by atoms with Gasteiger partial charge < -0.3 is 15.6 Å². The van der Waals surface area contributed by atoms with E-state index in [9.17, 15) is 22.8 Å². The van der Waals surface area contributed by atoms with Crippen LogP contribution >= 0.6 is 0 Å². The number of carboxylic acid groups (broad SMARTS) is 1. The molecule has 10 heteroatoms. The van der Waals surface area contributed by atoms with E-state index in [1.807, 2.05) is 6.08 Å². The summed E-state index contributed by atoms with van der Waals surface area (Å²) >= 11 is 0. The molecule has 0 radical (unpaired) electrons. The van der Waals surface area contributed by atoms with Gasteiger partial charge in [0.15, 0.2) is 5.25 Å². The maximum absolute atomic E-state index is 10.9. The van der Waals surface area contributed by atoms with Crippen LogP contribution in [0, 0.1) is 0 Å². The summed E-state index contributed by atoms with van der Waals surface area (Å²) in [4.78, 5) is 31.5. The van der Waals surface area contributed by atoms with Gasteiger partial charge in [-0.05, 0) is 26.2 Å². The molecule has 0 bridgehead atoms. The number of allylic oxidation sites excluding steroid dienone is 1. The lowest BCUT2D eigenvalue weighted by molar-refractivity contribution is -0.147. The van der Waals surface area contributed by atoms with Gasteiger partial charge in [-0.25, -0.2) is 0 Å². The summed E-state index contributed by atoms with van der Waals surface area (Å²) in [5.41, 5.74) is 5.02. The van der Waals surface area contributed by atoms with E-state index in [2.05, 4.69) is 11.3 Å². The topological polar surface area (TPSA) is 161 Å². The summed E-state index contributed by atoms with van der Waals surface area (Å²) in [6.07, 6.45) is 9.74. The third kappa shape index (κ3) is 18.6. The van der Waals surface area contributed by atoms with E-state index in [0.29, 0.717) is 6.42 Å². The lowest BCUT2D eigenvalue weighted by Gasteiger charge is -2.09. The summed E-state index contributed by atoms with van der Waals surface area (Å²) < 4.78 is 34.0. The lowest BCUT2D eigenvalue weighted by atomic mass is 10.1. The van der Waals surface area contributed by atoms with E-state index in [1.165, 1.54) is 32.6 Å². The van der Waals surface area contributed by atoms with Gasteiger partial charge in [-0.3, -0.25) is 18.9 Å². The van der Waals surface area contributed by atoms with Gasteiger partial charge in [0.25, 0.3) is 10.1 Å². The van der Waals surface area contributed by atoms with Crippen LogP contribution in [0.25, 0.3) is 0 Å². The molecule has 1 amide bonds. The number of carbonyl (C=O) groups excluding carboxylic acids is 2. The third-order valence-electron chi connectivity index (χ3n) is 3.35. The molecular formula is C17H31NO8S. The monoisotopic (exact) mass is 409 g/mol. The zero-order valence-electron chi connectivity index (χ0n) is 15.8. The molecule has 0 aliphatic carbocycles. The number of nitrogens with two attached hydrogens (primary N) is 1. The van der Waals surface area contributed by atoms with Gasteiger partial charge in [0, 0.05) is 6.42 Å². The molecule has 0 aromatic rings. The predicted molar refractivity (Wildman–Crippen MR) is 101 cm³/mol. The summed E-state index contributed by atoms with van der Waals surface area (Å²) in [7, 11) is -4.74. The largest absolute Gasteiger partial charge is 0.481 e. The first-order valence-corrected chi connectivity index (χ1v) is 10.3. The summed E-state index contributed by atoms with van der Waals surface area (Å²) in [5, 5.41) is 6.23. The number of unbranched alkanes of at least 4 members (excludes halogenated alkanes) is 6. The fourth-order valence-electron chi connectivity index (χ4n) is 2.00. The minimum atomic E-state index is -4.74. The first-order valence-electron chi connectivity index (χ1n) is 8.80. The van der Waals surface area contributed by atoms with Crippen molar-refractivity contribution in [3.63, 3.8) is 0 Å². The van der Waals surface area contributed by atoms with Crippen molar-refractivity contribution in [2.45, 2.75) is 70.0 Å². The van der Waals surface area contributed by atoms with E-state index >= 15 is 0 Å². The van der Waals surface area contributed by atoms with Crippen molar-refractivity contribution >= 4 is 28.0 Å². The number of amides is 1. The van der Waals surface area contributed by atoms with Crippen LogP contribution in [-0.2, 0) is 29.2 Å². The Kier molecular flexibility index (Phi) is 16.4. The Bertz CT molecular complexity index is 559. The Balaban J connectivity index is 0. The van der Waals surface area contributed by atoms with Gasteiger partial charge in [0.05, 0.1) is 13.0 Å². The molecule has 0 spiro atoms. The molecule has 0 saturated carbocycles. The van der Waals surface area contributed by atoms with E-state index in [-0.39, 0.29) is 12.5 Å². The minimum Gasteiger partial charge on any atom is -0.481 e. The van der Waals surface area contributed by atoms with E-state index < -0.39 is 33.7 Å². The van der Waals surface area contributed by atoms with Crippen LogP contribution in [-0.4, -0.2) is 47.8 Å². The second kappa shape index (κ2) is 16.2. The summed E-state index contributed by atoms with van der Waals surface area (Å²) in [5.74, 6) is -2.95. The number of hydrogen-bond acceptors (Lipinski definition) is 6.